The maximum atomic E-state index is 12.2. The molecule has 0 heterocycles. The van der Waals surface area contributed by atoms with Gasteiger partial charge in [0.15, 0.2) is 0 Å². The summed E-state index contributed by atoms with van der Waals surface area (Å²) in [6.45, 7) is 12.7. The second kappa shape index (κ2) is 6.37. The highest BCUT2D eigenvalue weighted by Crippen LogP contribution is 2.29. The van der Waals surface area contributed by atoms with Crippen LogP contribution in [0.1, 0.15) is 53.4 Å². The van der Waals surface area contributed by atoms with Crippen LogP contribution in [-0.4, -0.2) is 24.2 Å². The summed E-state index contributed by atoms with van der Waals surface area (Å²) < 4.78 is 5.76. The van der Waals surface area contributed by atoms with Crippen molar-refractivity contribution < 1.29 is 9.53 Å². The lowest BCUT2D eigenvalue weighted by molar-refractivity contribution is -0.134. The maximum absolute atomic E-state index is 12.2. The Morgan fingerprint density at radius 2 is 2.11 bits per heavy atom. The summed E-state index contributed by atoms with van der Waals surface area (Å²) in [5, 5.41) is 3.05. The fourth-order valence-electron chi connectivity index (χ4n) is 1.58. The SMILES string of the molecule is C=C(C)CC(OCC1CC1)C(=O)NC(C)(C)CC. The standard InChI is InChI=1S/C15H27NO2/c1-6-15(4,5)16-14(17)13(9-11(2)3)18-10-12-7-8-12/h12-13H,2,6-10H2,1,3-5H3,(H,16,17). The van der Waals surface area contributed by atoms with Crippen molar-refractivity contribution >= 4 is 5.91 Å². The fraction of sp³-hybridized carbons (Fsp3) is 0.800. The van der Waals surface area contributed by atoms with Crippen LogP contribution >= 0.6 is 0 Å². The molecule has 1 amide bonds. The van der Waals surface area contributed by atoms with E-state index in [4.69, 9.17) is 4.74 Å². The van der Waals surface area contributed by atoms with Gasteiger partial charge in [0, 0.05) is 12.0 Å². The minimum absolute atomic E-state index is 0.00880. The van der Waals surface area contributed by atoms with Crippen LogP contribution in [0.3, 0.4) is 0 Å². The molecule has 0 radical (unpaired) electrons. The maximum Gasteiger partial charge on any atom is 0.249 e. The first kappa shape index (κ1) is 15.2. The lowest BCUT2D eigenvalue weighted by Crippen LogP contribution is -2.48. The minimum atomic E-state index is -0.381. The van der Waals surface area contributed by atoms with Gasteiger partial charge in [0.05, 0.1) is 6.61 Å². The second-order valence-corrected chi connectivity index (χ2v) is 6.15. The molecule has 1 saturated carbocycles. The number of amides is 1. The van der Waals surface area contributed by atoms with E-state index >= 15 is 0 Å². The average molecular weight is 253 g/mol. The molecule has 1 N–H and O–H groups in total. The largest absolute Gasteiger partial charge is 0.368 e. The molecular weight excluding hydrogens is 226 g/mol. The molecule has 1 atom stereocenters. The molecule has 0 aromatic heterocycles. The van der Waals surface area contributed by atoms with E-state index in [0.717, 1.165) is 12.0 Å². The van der Waals surface area contributed by atoms with E-state index in [1.165, 1.54) is 12.8 Å². The summed E-state index contributed by atoms with van der Waals surface area (Å²) in [5.41, 5.74) is 0.813. The van der Waals surface area contributed by atoms with Crippen LogP contribution in [0.4, 0.5) is 0 Å². The van der Waals surface area contributed by atoms with Gasteiger partial charge >= 0.3 is 0 Å². The second-order valence-electron chi connectivity index (χ2n) is 6.15. The number of carbonyl (C=O) groups excluding carboxylic acids is 1. The highest BCUT2D eigenvalue weighted by Gasteiger charge is 2.28. The summed E-state index contributed by atoms with van der Waals surface area (Å²) in [7, 11) is 0. The lowest BCUT2D eigenvalue weighted by Gasteiger charge is -2.27. The van der Waals surface area contributed by atoms with Crippen molar-refractivity contribution in [3.8, 4) is 0 Å². The summed E-state index contributed by atoms with van der Waals surface area (Å²) in [5.74, 6) is 0.662. The number of ether oxygens (including phenoxy) is 1. The molecule has 0 spiro atoms. The van der Waals surface area contributed by atoms with Crippen molar-refractivity contribution in [1.29, 1.82) is 0 Å². The van der Waals surface area contributed by atoms with E-state index in [0.29, 0.717) is 18.9 Å². The average Bonchev–Trinajstić information content (AvgIpc) is 3.06. The van der Waals surface area contributed by atoms with E-state index in [1.807, 2.05) is 20.8 Å². The van der Waals surface area contributed by atoms with Crippen LogP contribution in [0.25, 0.3) is 0 Å². The van der Waals surface area contributed by atoms with Crippen LogP contribution in [0.15, 0.2) is 12.2 Å². The highest BCUT2D eigenvalue weighted by molar-refractivity contribution is 5.81. The molecule has 1 unspecified atom stereocenters. The zero-order chi connectivity index (χ0) is 13.8. The van der Waals surface area contributed by atoms with Crippen molar-refractivity contribution in [1.82, 2.24) is 5.32 Å². The molecule has 1 rings (SSSR count). The number of hydrogen-bond acceptors (Lipinski definition) is 2. The number of carbonyl (C=O) groups is 1. The Morgan fingerprint density at radius 1 is 1.50 bits per heavy atom. The molecule has 1 aliphatic carbocycles. The van der Waals surface area contributed by atoms with Gasteiger partial charge in [0.25, 0.3) is 0 Å². The summed E-state index contributed by atoms with van der Waals surface area (Å²) >= 11 is 0. The molecule has 0 aliphatic heterocycles. The Balaban J connectivity index is 2.50. The Bertz CT molecular complexity index is 306. The minimum Gasteiger partial charge on any atom is -0.368 e. The quantitative estimate of drug-likeness (QED) is 0.675. The first-order valence-electron chi connectivity index (χ1n) is 6.92. The van der Waals surface area contributed by atoms with Gasteiger partial charge in [-0.1, -0.05) is 12.5 Å². The Morgan fingerprint density at radius 3 is 2.56 bits per heavy atom. The Labute approximate surface area is 111 Å². The Hall–Kier alpha value is -0.830. The van der Waals surface area contributed by atoms with Crippen LogP contribution < -0.4 is 5.32 Å². The smallest absolute Gasteiger partial charge is 0.249 e. The molecular formula is C15H27NO2. The zero-order valence-corrected chi connectivity index (χ0v) is 12.2. The lowest BCUT2D eigenvalue weighted by atomic mass is 10.0. The van der Waals surface area contributed by atoms with Gasteiger partial charge in [-0.2, -0.15) is 0 Å². The zero-order valence-electron chi connectivity index (χ0n) is 12.2. The molecule has 1 fully saturated rings. The van der Waals surface area contributed by atoms with Crippen LogP contribution in [0.5, 0.6) is 0 Å². The van der Waals surface area contributed by atoms with Crippen LogP contribution in [0, 0.1) is 5.92 Å². The molecule has 1 aliphatic rings. The van der Waals surface area contributed by atoms with Crippen molar-refractivity contribution in [3.05, 3.63) is 12.2 Å². The normalized spacial score (nSPS) is 17.3. The van der Waals surface area contributed by atoms with Gasteiger partial charge in [0.2, 0.25) is 5.91 Å². The Kier molecular flexibility index (Phi) is 5.39. The van der Waals surface area contributed by atoms with E-state index in [9.17, 15) is 4.79 Å². The van der Waals surface area contributed by atoms with E-state index < -0.39 is 0 Å². The van der Waals surface area contributed by atoms with Crippen LogP contribution in [-0.2, 0) is 9.53 Å². The predicted octanol–water partition coefficient (Wildman–Crippen LogP) is 3.05. The number of nitrogens with one attached hydrogen (secondary N) is 1. The third-order valence-corrected chi connectivity index (χ3v) is 3.40. The van der Waals surface area contributed by atoms with E-state index in [-0.39, 0.29) is 17.6 Å². The first-order chi connectivity index (χ1) is 8.34. The molecule has 0 aromatic carbocycles. The topological polar surface area (TPSA) is 38.3 Å². The van der Waals surface area contributed by atoms with E-state index in [2.05, 4.69) is 18.8 Å². The molecule has 0 bridgehead atoms. The number of hydrogen-bond donors (Lipinski definition) is 1. The third-order valence-electron chi connectivity index (χ3n) is 3.40. The predicted molar refractivity (Wildman–Crippen MR) is 74.4 cm³/mol. The molecule has 3 nitrogen and oxygen atoms in total. The van der Waals surface area contributed by atoms with Gasteiger partial charge in [-0.15, -0.1) is 6.58 Å². The van der Waals surface area contributed by atoms with Crippen molar-refractivity contribution in [2.75, 3.05) is 6.61 Å². The highest BCUT2D eigenvalue weighted by atomic mass is 16.5. The van der Waals surface area contributed by atoms with Gasteiger partial charge < -0.3 is 10.1 Å². The van der Waals surface area contributed by atoms with E-state index in [1.54, 1.807) is 0 Å². The molecule has 3 heteroatoms. The van der Waals surface area contributed by atoms with Crippen LogP contribution in [0.2, 0.25) is 0 Å². The van der Waals surface area contributed by atoms with Crippen molar-refractivity contribution in [2.45, 2.75) is 65.0 Å². The van der Waals surface area contributed by atoms with Crippen molar-refractivity contribution in [2.24, 2.45) is 5.92 Å². The molecule has 18 heavy (non-hydrogen) atoms. The van der Waals surface area contributed by atoms with Crippen molar-refractivity contribution in [3.63, 3.8) is 0 Å². The number of rotatable bonds is 8. The fourth-order valence-corrected chi connectivity index (χ4v) is 1.58. The monoisotopic (exact) mass is 253 g/mol. The summed E-state index contributed by atoms with van der Waals surface area (Å²) in [6, 6.07) is 0. The first-order valence-corrected chi connectivity index (χ1v) is 6.92. The molecule has 0 saturated heterocycles. The summed E-state index contributed by atoms with van der Waals surface area (Å²) in [4.78, 5) is 12.2. The molecule has 0 aromatic rings. The third kappa shape index (κ3) is 5.67. The molecule has 104 valence electrons. The van der Waals surface area contributed by atoms with Gasteiger partial charge in [-0.25, -0.2) is 0 Å². The van der Waals surface area contributed by atoms with Gasteiger partial charge in [0.1, 0.15) is 6.10 Å². The van der Waals surface area contributed by atoms with Gasteiger partial charge in [-0.3, -0.25) is 4.79 Å². The van der Waals surface area contributed by atoms with Gasteiger partial charge in [-0.05, 0) is 46.0 Å². The summed E-state index contributed by atoms with van der Waals surface area (Å²) in [6.07, 6.45) is 3.61.